The zero-order chi connectivity index (χ0) is 14.8. The lowest BCUT2D eigenvalue weighted by Crippen LogP contribution is -2.22. The standard InChI is InChI=1S/C13H14N2O3S2/c1-20(17,18)10-4-2-9(3-5-10)8-15-13(16)12-11(14)6-7-19-12/h2-7H,8,14H2,1H3,(H,15,16). The topological polar surface area (TPSA) is 89.3 Å². The molecule has 0 unspecified atom stereocenters. The number of rotatable bonds is 4. The molecule has 3 N–H and O–H groups in total. The van der Waals surface area contributed by atoms with Gasteiger partial charge in [0.25, 0.3) is 5.91 Å². The number of sulfone groups is 1. The second kappa shape index (κ2) is 5.64. The highest BCUT2D eigenvalue weighted by atomic mass is 32.2. The Morgan fingerprint density at radius 3 is 2.40 bits per heavy atom. The second-order valence-electron chi connectivity index (χ2n) is 4.30. The number of amides is 1. The van der Waals surface area contributed by atoms with Gasteiger partial charge in [-0.2, -0.15) is 0 Å². The summed E-state index contributed by atoms with van der Waals surface area (Å²) >= 11 is 1.28. The average Bonchev–Trinajstić information content (AvgIpc) is 2.82. The monoisotopic (exact) mass is 310 g/mol. The summed E-state index contributed by atoms with van der Waals surface area (Å²) in [5.74, 6) is -0.232. The Morgan fingerprint density at radius 2 is 1.90 bits per heavy atom. The quantitative estimate of drug-likeness (QED) is 0.899. The summed E-state index contributed by atoms with van der Waals surface area (Å²) in [7, 11) is -3.19. The molecule has 1 amide bonds. The highest BCUT2D eigenvalue weighted by Crippen LogP contribution is 2.18. The largest absolute Gasteiger partial charge is 0.397 e. The SMILES string of the molecule is CS(=O)(=O)c1ccc(CNC(=O)c2sccc2N)cc1. The van der Waals surface area contributed by atoms with Gasteiger partial charge in [-0.3, -0.25) is 4.79 Å². The lowest BCUT2D eigenvalue weighted by molar-refractivity contribution is 0.0955. The number of thiophene rings is 1. The Kier molecular flexibility index (Phi) is 4.10. The molecular formula is C13H14N2O3S2. The second-order valence-corrected chi connectivity index (χ2v) is 7.24. The highest BCUT2D eigenvalue weighted by Gasteiger charge is 2.11. The molecule has 1 heterocycles. The maximum Gasteiger partial charge on any atom is 0.263 e. The minimum Gasteiger partial charge on any atom is -0.397 e. The Bertz CT molecular complexity index is 718. The molecule has 0 fully saturated rings. The van der Waals surface area contributed by atoms with Crippen LogP contribution < -0.4 is 11.1 Å². The number of carbonyl (C=O) groups excluding carboxylic acids is 1. The number of benzene rings is 1. The summed E-state index contributed by atoms with van der Waals surface area (Å²) < 4.78 is 22.6. The van der Waals surface area contributed by atoms with E-state index in [1.807, 2.05) is 0 Å². The third-order valence-corrected chi connectivity index (χ3v) is 4.76. The summed E-state index contributed by atoms with van der Waals surface area (Å²) in [6.45, 7) is 0.320. The van der Waals surface area contributed by atoms with Gasteiger partial charge in [-0.15, -0.1) is 11.3 Å². The smallest absolute Gasteiger partial charge is 0.263 e. The van der Waals surface area contributed by atoms with E-state index in [0.717, 1.165) is 11.8 Å². The molecule has 0 radical (unpaired) electrons. The summed E-state index contributed by atoms with van der Waals surface area (Å²) in [6.07, 6.45) is 1.16. The molecular weight excluding hydrogens is 296 g/mol. The van der Waals surface area contributed by atoms with Crippen LogP contribution in [0.15, 0.2) is 40.6 Å². The number of carbonyl (C=O) groups is 1. The van der Waals surface area contributed by atoms with Crippen LogP contribution in [0.4, 0.5) is 5.69 Å². The van der Waals surface area contributed by atoms with Gasteiger partial charge in [0.2, 0.25) is 0 Å². The van der Waals surface area contributed by atoms with E-state index in [0.29, 0.717) is 17.1 Å². The van der Waals surface area contributed by atoms with Gasteiger partial charge in [-0.1, -0.05) is 12.1 Å². The van der Waals surface area contributed by atoms with Gasteiger partial charge >= 0.3 is 0 Å². The van der Waals surface area contributed by atoms with E-state index in [1.165, 1.54) is 23.5 Å². The van der Waals surface area contributed by atoms with Crippen molar-refractivity contribution < 1.29 is 13.2 Å². The average molecular weight is 310 g/mol. The third-order valence-electron chi connectivity index (χ3n) is 2.71. The van der Waals surface area contributed by atoms with Crippen molar-refractivity contribution in [2.24, 2.45) is 0 Å². The highest BCUT2D eigenvalue weighted by molar-refractivity contribution is 7.90. The van der Waals surface area contributed by atoms with Gasteiger partial charge in [0.05, 0.1) is 10.6 Å². The lowest BCUT2D eigenvalue weighted by Gasteiger charge is -2.05. The van der Waals surface area contributed by atoms with Crippen molar-refractivity contribution >= 4 is 32.8 Å². The lowest BCUT2D eigenvalue weighted by atomic mass is 10.2. The molecule has 5 nitrogen and oxygen atoms in total. The number of nitrogens with one attached hydrogen (secondary N) is 1. The van der Waals surface area contributed by atoms with Gasteiger partial charge in [0, 0.05) is 12.8 Å². The minimum atomic E-state index is -3.19. The van der Waals surface area contributed by atoms with Crippen molar-refractivity contribution in [1.82, 2.24) is 5.32 Å². The van der Waals surface area contributed by atoms with Crippen LogP contribution in [0, 0.1) is 0 Å². The Balaban J connectivity index is 2.02. The Hall–Kier alpha value is -1.86. The molecule has 0 spiro atoms. The first-order valence-electron chi connectivity index (χ1n) is 5.78. The fourth-order valence-corrected chi connectivity index (χ4v) is 2.99. The fourth-order valence-electron chi connectivity index (χ4n) is 1.62. The molecule has 2 rings (SSSR count). The van der Waals surface area contributed by atoms with Crippen LogP contribution in [0.3, 0.4) is 0 Å². The van der Waals surface area contributed by atoms with Crippen LogP contribution in [0.1, 0.15) is 15.2 Å². The van der Waals surface area contributed by atoms with Crippen molar-refractivity contribution in [1.29, 1.82) is 0 Å². The number of hydrogen-bond acceptors (Lipinski definition) is 5. The van der Waals surface area contributed by atoms with E-state index in [-0.39, 0.29) is 10.8 Å². The molecule has 0 atom stereocenters. The summed E-state index contributed by atoms with van der Waals surface area (Å²) in [6, 6.07) is 8.08. The first-order valence-corrected chi connectivity index (χ1v) is 8.55. The minimum absolute atomic E-state index is 0.232. The number of nitrogen functional groups attached to an aromatic ring is 1. The van der Waals surface area contributed by atoms with E-state index >= 15 is 0 Å². The summed E-state index contributed by atoms with van der Waals surface area (Å²) in [4.78, 5) is 12.6. The summed E-state index contributed by atoms with van der Waals surface area (Å²) in [5.41, 5.74) is 6.94. The van der Waals surface area contributed by atoms with Crippen LogP contribution >= 0.6 is 11.3 Å². The maximum absolute atomic E-state index is 11.8. The van der Waals surface area contributed by atoms with Crippen LogP contribution in [0.2, 0.25) is 0 Å². The molecule has 2 aromatic rings. The van der Waals surface area contributed by atoms with Crippen LogP contribution in [0.5, 0.6) is 0 Å². The van der Waals surface area contributed by atoms with Crippen LogP contribution in [-0.4, -0.2) is 20.6 Å². The van der Waals surface area contributed by atoms with E-state index in [9.17, 15) is 13.2 Å². The Labute approximate surface area is 121 Å². The van der Waals surface area contributed by atoms with Crippen LogP contribution in [0.25, 0.3) is 0 Å². The molecule has 0 bridgehead atoms. The molecule has 1 aromatic heterocycles. The van der Waals surface area contributed by atoms with E-state index in [4.69, 9.17) is 5.73 Å². The zero-order valence-corrected chi connectivity index (χ0v) is 12.4. The number of anilines is 1. The predicted octanol–water partition coefficient (Wildman–Crippen LogP) is 1.66. The van der Waals surface area contributed by atoms with E-state index in [1.54, 1.807) is 23.6 Å². The summed E-state index contributed by atoms with van der Waals surface area (Å²) in [5, 5.41) is 4.50. The van der Waals surface area contributed by atoms with Crippen molar-refractivity contribution in [2.75, 3.05) is 12.0 Å². The van der Waals surface area contributed by atoms with Crippen LogP contribution in [-0.2, 0) is 16.4 Å². The molecule has 0 aliphatic carbocycles. The van der Waals surface area contributed by atoms with E-state index < -0.39 is 9.84 Å². The van der Waals surface area contributed by atoms with Gasteiger partial charge < -0.3 is 11.1 Å². The molecule has 0 aliphatic rings. The zero-order valence-electron chi connectivity index (χ0n) is 10.8. The first-order chi connectivity index (χ1) is 9.38. The maximum atomic E-state index is 11.8. The molecule has 0 saturated heterocycles. The molecule has 7 heteroatoms. The molecule has 0 saturated carbocycles. The first kappa shape index (κ1) is 14.5. The fraction of sp³-hybridized carbons (Fsp3) is 0.154. The molecule has 20 heavy (non-hydrogen) atoms. The van der Waals surface area contributed by atoms with Crippen molar-refractivity contribution in [3.8, 4) is 0 Å². The molecule has 1 aromatic carbocycles. The number of nitrogens with two attached hydrogens (primary N) is 1. The Morgan fingerprint density at radius 1 is 1.25 bits per heavy atom. The van der Waals surface area contributed by atoms with Gasteiger partial charge in [0.15, 0.2) is 9.84 Å². The predicted molar refractivity (Wildman–Crippen MR) is 79.5 cm³/mol. The third kappa shape index (κ3) is 3.37. The number of hydrogen-bond donors (Lipinski definition) is 2. The normalized spacial score (nSPS) is 11.2. The molecule has 0 aliphatic heterocycles. The van der Waals surface area contributed by atoms with Crippen molar-refractivity contribution in [3.05, 3.63) is 46.2 Å². The van der Waals surface area contributed by atoms with Gasteiger partial charge in [-0.05, 0) is 29.1 Å². The van der Waals surface area contributed by atoms with Gasteiger partial charge in [0.1, 0.15) is 4.88 Å². The van der Waals surface area contributed by atoms with Gasteiger partial charge in [-0.25, -0.2) is 8.42 Å². The van der Waals surface area contributed by atoms with Crippen molar-refractivity contribution in [2.45, 2.75) is 11.4 Å². The molecule has 106 valence electrons. The van der Waals surface area contributed by atoms with E-state index in [2.05, 4.69) is 5.32 Å². The van der Waals surface area contributed by atoms with Crippen molar-refractivity contribution in [3.63, 3.8) is 0 Å².